The number of phenolic OH excluding ortho intramolecular Hbond substituents is 1. The van der Waals surface area contributed by atoms with E-state index >= 15 is 0 Å². The average Bonchev–Trinajstić information content (AvgIpc) is 3.32. The summed E-state index contributed by atoms with van der Waals surface area (Å²) in [6.45, 7) is 1.99. The molecule has 5 aliphatic heterocycles. The minimum atomic E-state index is -4.88. The van der Waals surface area contributed by atoms with Crippen LogP contribution in [0.25, 0.3) is 0 Å². The maximum atomic E-state index is 14.0. The fraction of sp³-hybridized carbons (Fsp3) is 0.531. The van der Waals surface area contributed by atoms with Crippen LogP contribution in [0.5, 0.6) is 11.5 Å². The number of nitrogens with two attached hydrogens (primary N) is 2. The molecule has 0 aromatic heterocycles. The molecule has 5 heterocycles. The number of hydrogen-bond donors (Lipinski definition) is 5. The summed E-state index contributed by atoms with van der Waals surface area (Å²) >= 11 is 0. The Morgan fingerprint density at radius 2 is 1.76 bits per heavy atom. The number of aliphatic hydroxyl groups excluding tert-OH is 1. The zero-order valence-corrected chi connectivity index (χ0v) is 38.7. The molecule has 0 spiro atoms. The van der Waals surface area contributed by atoms with Crippen LogP contribution in [0.2, 0.25) is 0 Å². The fourth-order valence-corrected chi connectivity index (χ4v) is 13.0. The van der Waals surface area contributed by atoms with Crippen molar-refractivity contribution < 1.29 is 67.3 Å². The molecule has 11 nitrogen and oxygen atoms in total. The number of phenols is 1. The number of fused-ring (bicyclic) bond motifs is 9. The Morgan fingerprint density at radius 3 is 2.48 bits per heavy atom. The maximum Gasteiger partial charge on any atom is 1.00 e. The summed E-state index contributed by atoms with van der Waals surface area (Å²) in [5.41, 5.74) is 16.1. The Hall–Kier alpha value is -3.38. The number of nitrogens with zero attached hydrogens (tertiary/aromatic N) is 1. The third-order valence-electron chi connectivity index (χ3n) is 15.1. The second-order valence-corrected chi connectivity index (χ2v) is 20.5. The van der Waals surface area contributed by atoms with Crippen molar-refractivity contribution in [2.75, 3.05) is 6.61 Å². The molecule has 10 bridgehead atoms. The zero-order chi connectivity index (χ0) is 42.7. The number of hydrogen-bond acceptors (Lipinski definition) is 9. The smallest absolute Gasteiger partial charge is 0.748 e. The van der Waals surface area contributed by atoms with Crippen molar-refractivity contribution in [3.63, 3.8) is 0 Å². The largest absolute Gasteiger partial charge is 1.00 e. The monoisotopic (exact) mass is 871 g/mol. The Kier molecular flexibility index (Phi) is 13.0. The number of rotatable bonds is 6. The van der Waals surface area contributed by atoms with E-state index in [9.17, 15) is 28.3 Å². The summed E-state index contributed by atoms with van der Waals surface area (Å²) in [5, 5.41) is 31.8. The Morgan fingerprint density at radius 1 is 1.00 bits per heavy atom. The molecule has 7 N–H and O–H groups in total. The maximum absolute atomic E-state index is 14.0. The molecule has 324 valence electrons. The second kappa shape index (κ2) is 17.9. The quantitative estimate of drug-likeness (QED) is 0.0605. The summed E-state index contributed by atoms with van der Waals surface area (Å²) in [4.78, 5) is 4.85. The molecule has 3 aliphatic carbocycles. The Balaban J connectivity index is 0.00000529. The summed E-state index contributed by atoms with van der Waals surface area (Å²) < 4.78 is 56.0. The van der Waals surface area contributed by atoms with Gasteiger partial charge in [-0.1, -0.05) is 80.5 Å². The summed E-state index contributed by atoms with van der Waals surface area (Å²) in [6, 6.07) is 18.9. The molecule has 10 atom stereocenters. The molecular formula is C49H58N3NaO8S. The van der Waals surface area contributed by atoms with E-state index in [1.807, 2.05) is 54.6 Å². The van der Waals surface area contributed by atoms with Crippen LogP contribution in [-0.2, 0) is 27.0 Å². The first-order valence-corrected chi connectivity index (χ1v) is 23.7. The zero-order valence-electron chi connectivity index (χ0n) is 35.8. The number of aromatic hydroxyl groups is 1. The van der Waals surface area contributed by atoms with Crippen LogP contribution in [-0.4, -0.2) is 57.8 Å². The van der Waals surface area contributed by atoms with Crippen LogP contribution in [0.1, 0.15) is 135 Å². The number of guanidine groups is 1. The van der Waals surface area contributed by atoms with Crippen molar-refractivity contribution in [1.29, 1.82) is 0 Å². The van der Waals surface area contributed by atoms with Gasteiger partial charge in [-0.2, -0.15) is 0 Å². The molecule has 3 aromatic carbocycles. The van der Waals surface area contributed by atoms with Gasteiger partial charge in [-0.3, -0.25) is 0 Å². The van der Waals surface area contributed by atoms with Crippen LogP contribution in [0, 0.1) is 35.5 Å². The van der Waals surface area contributed by atoms with Gasteiger partial charge in [-0.15, -0.1) is 0 Å². The average molecular weight is 872 g/mol. The van der Waals surface area contributed by atoms with Crippen LogP contribution < -0.4 is 45.8 Å². The number of aliphatic imine (C=N–C) groups is 1. The van der Waals surface area contributed by atoms with E-state index in [2.05, 4.69) is 18.8 Å². The van der Waals surface area contributed by atoms with Gasteiger partial charge in [0.05, 0.1) is 27.1 Å². The molecule has 62 heavy (non-hydrogen) atoms. The minimum Gasteiger partial charge on any atom is -0.748 e. The van der Waals surface area contributed by atoms with E-state index in [-0.39, 0.29) is 78.0 Å². The van der Waals surface area contributed by atoms with Crippen molar-refractivity contribution in [1.82, 2.24) is 0 Å². The van der Waals surface area contributed by atoms with E-state index in [0.717, 1.165) is 59.9 Å². The Bertz CT molecular complexity index is 2380. The molecule has 3 aromatic rings. The number of allylic oxidation sites excluding steroid dienone is 1. The van der Waals surface area contributed by atoms with Gasteiger partial charge >= 0.3 is 29.6 Å². The number of aliphatic hydroxyl groups is 2. The van der Waals surface area contributed by atoms with Crippen molar-refractivity contribution in [3.05, 3.63) is 106 Å². The topological polar surface area (TPSA) is 201 Å². The molecule has 1 saturated heterocycles. The van der Waals surface area contributed by atoms with Gasteiger partial charge in [0.1, 0.15) is 17.6 Å². The van der Waals surface area contributed by atoms with Crippen LogP contribution in [0.15, 0.2) is 77.3 Å². The van der Waals surface area contributed by atoms with E-state index < -0.39 is 50.7 Å². The summed E-state index contributed by atoms with van der Waals surface area (Å²) in [5.74, 6) is 5.23. The van der Waals surface area contributed by atoms with Gasteiger partial charge in [0, 0.05) is 42.1 Å². The summed E-state index contributed by atoms with van der Waals surface area (Å²) in [7, 11) is -4.88. The molecule has 2 fully saturated rings. The van der Waals surface area contributed by atoms with Crippen LogP contribution in [0.4, 0.5) is 0 Å². The molecule has 1 saturated carbocycles. The molecule has 8 aliphatic rings. The fourth-order valence-electron chi connectivity index (χ4n) is 11.9. The molecular weight excluding hydrogens is 814 g/mol. The number of aryl methyl sites for hydroxylation is 1. The van der Waals surface area contributed by atoms with Crippen molar-refractivity contribution >= 4 is 16.1 Å². The van der Waals surface area contributed by atoms with E-state index in [1.165, 1.54) is 0 Å². The molecule has 0 amide bonds. The molecule has 11 rings (SSSR count). The van der Waals surface area contributed by atoms with Gasteiger partial charge in [-0.05, 0) is 127 Å². The van der Waals surface area contributed by atoms with Crippen molar-refractivity contribution in [2.45, 2.75) is 131 Å². The Labute approximate surface area is 387 Å². The van der Waals surface area contributed by atoms with Gasteiger partial charge in [0.2, 0.25) is 5.72 Å². The van der Waals surface area contributed by atoms with Crippen LogP contribution in [0.3, 0.4) is 0 Å². The van der Waals surface area contributed by atoms with Crippen molar-refractivity contribution in [2.24, 2.45) is 40.1 Å². The first kappa shape index (κ1) is 45.2. The van der Waals surface area contributed by atoms with Crippen LogP contribution >= 0.6 is 0 Å². The van der Waals surface area contributed by atoms with E-state index in [0.29, 0.717) is 61.8 Å². The standard InChI is InChI=1S/C49H59N3O8S.Na/c1-29-8-9-32-24-38-15-17-39(32)41(29)27-44(61(56,57)58)42-25-35-22-34(26-43-33(28-53)7-5-6-31-23-37(54)14-16-40(31)46(35)59-43)45(42)30-10-12-36(13-11-30)49(60-38,52-47(50)51)21-20-48(55)18-3-2-4-19-48;/h10-17,23-25,29,33-34,41-46,53-55H,2-4,7-9,18-22,26-28H2,1H3,(H4,50,51,52)(H,56,57,58);/q;+1/p-1/t29-,33+,34+,41-,42-,43-,44+,45-,46+,49-;/m0./s1. The third-order valence-corrected chi connectivity index (χ3v) is 16.3. The predicted octanol–water partition coefficient (Wildman–Crippen LogP) is 3.90. The van der Waals surface area contributed by atoms with Gasteiger partial charge in [0.25, 0.3) is 0 Å². The molecule has 0 radical (unpaired) electrons. The van der Waals surface area contributed by atoms with E-state index in [4.69, 9.17) is 25.9 Å². The van der Waals surface area contributed by atoms with Crippen molar-refractivity contribution in [3.8, 4) is 23.3 Å². The van der Waals surface area contributed by atoms with Gasteiger partial charge in [-0.25, -0.2) is 13.4 Å². The summed E-state index contributed by atoms with van der Waals surface area (Å²) in [6.07, 6.45) is 9.22. The van der Waals surface area contributed by atoms with Gasteiger partial charge < -0.3 is 40.8 Å². The molecule has 0 unspecified atom stereocenters. The number of benzene rings is 3. The van der Waals surface area contributed by atoms with Gasteiger partial charge in [0.15, 0.2) is 5.96 Å². The number of ether oxygens (including phenoxy) is 2. The minimum absolute atomic E-state index is 0. The molecule has 13 heteroatoms. The third kappa shape index (κ3) is 8.86. The first-order chi connectivity index (χ1) is 29.2. The predicted molar refractivity (Wildman–Crippen MR) is 231 cm³/mol. The first-order valence-electron chi connectivity index (χ1n) is 22.2. The normalized spacial score (nSPS) is 32.1. The second-order valence-electron chi connectivity index (χ2n) is 18.9. The SMILES string of the molecule is C[C@H]1CCc2cc3ccc2[C@H]1C[C@@H](S(=O)(=O)[O-])[C@@H]1C=C2C[C@H](C[C@@H]4O[C@H]2c2ccc(O)cc2C#CC[C@@H]4CO)[C@@H]1c1ccc(cc1)[C@@](CCC1(O)CCCCC1)(N=C(N)N)O3.[Na+]. The van der Waals surface area contributed by atoms with E-state index in [1.54, 1.807) is 12.1 Å².